The highest BCUT2D eigenvalue weighted by Gasteiger charge is 2.26. The van der Waals surface area contributed by atoms with Gasteiger partial charge in [-0.1, -0.05) is 12.8 Å². The van der Waals surface area contributed by atoms with Crippen LogP contribution >= 0.6 is 0 Å². The van der Waals surface area contributed by atoms with Crippen LogP contribution in [0.4, 0.5) is 0 Å². The number of nitrogens with one attached hydrogen (secondary N) is 1. The quantitative estimate of drug-likeness (QED) is 0.794. The highest BCUT2D eigenvalue weighted by Crippen LogP contribution is 2.29. The van der Waals surface area contributed by atoms with E-state index in [1.165, 1.54) is 51.4 Å². The Morgan fingerprint density at radius 1 is 1.00 bits per heavy atom. The molecule has 2 rings (SSSR count). The van der Waals surface area contributed by atoms with E-state index < -0.39 is 0 Å². The Hall–Kier alpha value is -0.0800. The van der Waals surface area contributed by atoms with Crippen LogP contribution in [-0.4, -0.2) is 25.3 Å². The Morgan fingerprint density at radius 3 is 2.19 bits per heavy atom. The molecule has 16 heavy (non-hydrogen) atoms. The Bertz CT molecular complexity index is 193. The second-order valence-electron chi connectivity index (χ2n) is 5.71. The van der Waals surface area contributed by atoms with Crippen molar-refractivity contribution in [2.24, 2.45) is 5.92 Å². The summed E-state index contributed by atoms with van der Waals surface area (Å²) in [7, 11) is 1.85. The highest BCUT2D eigenvalue weighted by atomic mass is 16.5. The second kappa shape index (κ2) is 6.02. The van der Waals surface area contributed by atoms with E-state index in [0.29, 0.717) is 6.10 Å². The Morgan fingerprint density at radius 2 is 1.62 bits per heavy atom. The smallest absolute Gasteiger partial charge is 0.0572 e. The Balaban J connectivity index is 1.69. The predicted molar refractivity (Wildman–Crippen MR) is 67.6 cm³/mol. The minimum atomic E-state index is 0.528. The zero-order valence-corrected chi connectivity index (χ0v) is 10.9. The molecule has 0 aromatic carbocycles. The minimum absolute atomic E-state index is 0.528. The molecule has 0 aromatic rings. The van der Waals surface area contributed by atoms with Gasteiger partial charge in [-0.15, -0.1) is 0 Å². The van der Waals surface area contributed by atoms with Gasteiger partial charge in [-0.25, -0.2) is 0 Å². The van der Waals surface area contributed by atoms with Gasteiger partial charge in [0.2, 0.25) is 0 Å². The summed E-state index contributed by atoms with van der Waals surface area (Å²) in [6.07, 6.45) is 11.4. The molecule has 0 amide bonds. The van der Waals surface area contributed by atoms with Crippen molar-refractivity contribution >= 4 is 0 Å². The lowest BCUT2D eigenvalue weighted by atomic mass is 9.91. The molecule has 1 N–H and O–H groups in total. The molecule has 2 saturated carbocycles. The topological polar surface area (TPSA) is 21.3 Å². The van der Waals surface area contributed by atoms with Crippen molar-refractivity contribution in [3.05, 3.63) is 0 Å². The van der Waals surface area contributed by atoms with Crippen molar-refractivity contribution in [3.63, 3.8) is 0 Å². The van der Waals surface area contributed by atoms with Gasteiger partial charge in [0.15, 0.2) is 0 Å². The maximum atomic E-state index is 5.42. The average molecular weight is 225 g/mol. The number of methoxy groups -OCH3 is 1. The minimum Gasteiger partial charge on any atom is -0.381 e. The molecule has 0 spiro atoms. The molecule has 2 aliphatic rings. The summed E-state index contributed by atoms with van der Waals surface area (Å²) in [5.74, 6) is 0.945. The lowest BCUT2D eigenvalue weighted by molar-refractivity contribution is 0.0603. The first-order valence-corrected chi connectivity index (χ1v) is 7.08. The van der Waals surface area contributed by atoms with Crippen LogP contribution < -0.4 is 5.32 Å². The van der Waals surface area contributed by atoms with Crippen molar-refractivity contribution in [2.75, 3.05) is 7.11 Å². The van der Waals surface area contributed by atoms with E-state index in [-0.39, 0.29) is 0 Å². The third-order valence-corrected chi connectivity index (χ3v) is 4.61. The fourth-order valence-corrected chi connectivity index (χ4v) is 3.43. The van der Waals surface area contributed by atoms with Crippen LogP contribution in [-0.2, 0) is 4.74 Å². The molecule has 0 saturated heterocycles. The summed E-state index contributed by atoms with van der Waals surface area (Å²) in [6, 6.07) is 1.48. The van der Waals surface area contributed by atoms with Gasteiger partial charge in [0.1, 0.15) is 0 Å². The molecule has 0 radical (unpaired) electrons. The summed E-state index contributed by atoms with van der Waals surface area (Å²) in [5, 5.41) is 3.85. The highest BCUT2D eigenvalue weighted by molar-refractivity contribution is 4.83. The van der Waals surface area contributed by atoms with Crippen LogP contribution in [0.1, 0.15) is 58.3 Å². The van der Waals surface area contributed by atoms with E-state index in [9.17, 15) is 0 Å². The van der Waals surface area contributed by atoms with E-state index in [4.69, 9.17) is 4.74 Å². The van der Waals surface area contributed by atoms with Gasteiger partial charge in [0, 0.05) is 19.2 Å². The molecule has 1 atom stereocenters. The van der Waals surface area contributed by atoms with Gasteiger partial charge < -0.3 is 10.1 Å². The second-order valence-corrected chi connectivity index (χ2v) is 5.71. The summed E-state index contributed by atoms with van der Waals surface area (Å²) in [4.78, 5) is 0. The van der Waals surface area contributed by atoms with Crippen LogP contribution in [0.2, 0.25) is 0 Å². The fraction of sp³-hybridized carbons (Fsp3) is 1.00. The average Bonchev–Trinajstić information content (AvgIpc) is 2.83. The first kappa shape index (κ1) is 12.4. The van der Waals surface area contributed by atoms with Crippen molar-refractivity contribution < 1.29 is 4.74 Å². The van der Waals surface area contributed by atoms with Crippen LogP contribution in [0, 0.1) is 5.92 Å². The lowest BCUT2D eigenvalue weighted by Gasteiger charge is -2.32. The molecule has 0 bridgehead atoms. The maximum absolute atomic E-state index is 5.42. The number of rotatable bonds is 4. The zero-order chi connectivity index (χ0) is 11.4. The van der Waals surface area contributed by atoms with Gasteiger partial charge in [-0.05, 0) is 51.4 Å². The van der Waals surface area contributed by atoms with Crippen LogP contribution in [0.3, 0.4) is 0 Å². The molecule has 0 aliphatic heterocycles. The Kier molecular flexibility index (Phi) is 4.66. The first-order chi connectivity index (χ1) is 7.79. The summed E-state index contributed by atoms with van der Waals surface area (Å²) in [6.45, 7) is 2.39. The van der Waals surface area contributed by atoms with Crippen LogP contribution in [0.15, 0.2) is 0 Å². The van der Waals surface area contributed by atoms with Crippen molar-refractivity contribution in [1.82, 2.24) is 5.32 Å². The fourth-order valence-electron chi connectivity index (χ4n) is 3.43. The number of hydrogen-bond acceptors (Lipinski definition) is 2. The molecular formula is C14H27NO. The molecule has 2 nitrogen and oxygen atoms in total. The van der Waals surface area contributed by atoms with Crippen LogP contribution in [0.5, 0.6) is 0 Å². The molecule has 2 heteroatoms. The first-order valence-electron chi connectivity index (χ1n) is 7.08. The van der Waals surface area contributed by atoms with Gasteiger partial charge >= 0.3 is 0 Å². The molecule has 94 valence electrons. The lowest BCUT2D eigenvalue weighted by Crippen LogP contribution is -2.43. The standard InChI is InChI=1S/C14H27NO/c1-11(12-5-3-4-6-12)15-13-7-9-14(16-2)10-8-13/h11-15H,3-10H2,1-2H3. The molecule has 2 fully saturated rings. The van der Waals surface area contributed by atoms with Crippen molar-refractivity contribution in [3.8, 4) is 0 Å². The van der Waals surface area contributed by atoms with E-state index in [1.807, 2.05) is 7.11 Å². The Labute approximate surface area is 100 Å². The summed E-state index contributed by atoms with van der Waals surface area (Å²) < 4.78 is 5.42. The SMILES string of the molecule is COC1CCC(NC(C)C2CCCC2)CC1. The van der Waals surface area contributed by atoms with Gasteiger partial charge in [-0.3, -0.25) is 0 Å². The predicted octanol–water partition coefficient (Wildman–Crippen LogP) is 3.11. The molecule has 0 heterocycles. The molecule has 2 aliphatic carbocycles. The van der Waals surface area contributed by atoms with E-state index >= 15 is 0 Å². The summed E-state index contributed by atoms with van der Waals surface area (Å²) in [5.41, 5.74) is 0. The van der Waals surface area contributed by atoms with E-state index in [2.05, 4.69) is 12.2 Å². The maximum Gasteiger partial charge on any atom is 0.0572 e. The van der Waals surface area contributed by atoms with E-state index in [0.717, 1.165) is 18.0 Å². The summed E-state index contributed by atoms with van der Waals surface area (Å²) >= 11 is 0. The van der Waals surface area contributed by atoms with Gasteiger partial charge in [0.05, 0.1) is 6.10 Å². The molecule has 0 aromatic heterocycles. The third kappa shape index (κ3) is 3.21. The monoisotopic (exact) mass is 225 g/mol. The normalized spacial score (nSPS) is 34.1. The number of hydrogen-bond donors (Lipinski definition) is 1. The van der Waals surface area contributed by atoms with Crippen molar-refractivity contribution in [2.45, 2.75) is 76.5 Å². The number of ether oxygens (including phenoxy) is 1. The third-order valence-electron chi connectivity index (χ3n) is 4.61. The van der Waals surface area contributed by atoms with E-state index in [1.54, 1.807) is 0 Å². The van der Waals surface area contributed by atoms with Crippen molar-refractivity contribution in [1.29, 1.82) is 0 Å². The molecule has 1 unspecified atom stereocenters. The van der Waals surface area contributed by atoms with Gasteiger partial charge in [0.25, 0.3) is 0 Å². The zero-order valence-electron chi connectivity index (χ0n) is 10.9. The van der Waals surface area contributed by atoms with Gasteiger partial charge in [-0.2, -0.15) is 0 Å². The molecular weight excluding hydrogens is 198 g/mol. The largest absolute Gasteiger partial charge is 0.381 e. The van der Waals surface area contributed by atoms with Crippen LogP contribution in [0.25, 0.3) is 0 Å².